The van der Waals surface area contributed by atoms with Crippen molar-refractivity contribution in [3.63, 3.8) is 0 Å². The highest BCUT2D eigenvalue weighted by molar-refractivity contribution is 7.20. The van der Waals surface area contributed by atoms with E-state index < -0.39 is 0 Å². The minimum Gasteiger partial charge on any atom is -0.394 e. The van der Waals surface area contributed by atoms with Crippen LogP contribution in [0.2, 0.25) is 0 Å². The molecule has 0 aliphatic carbocycles. The average molecular weight is 289 g/mol. The fraction of sp³-hybridized carbons (Fsp3) is 0.438. The molecule has 1 aromatic heterocycles. The Morgan fingerprint density at radius 3 is 2.95 bits per heavy atom. The molecule has 1 atom stereocenters. The molecule has 1 aliphatic heterocycles. The number of hydrogen-bond acceptors (Lipinski definition) is 3. The molecule has 0 spiro atoms. The Morgan fingerprint density at radius 2 is 2.15 bits per heavy atom. The van der Waals surface area contributed by atoms with Crippen LogP contribution in [0.25, 0.3) is 10.1 Å². The molecular weight excluding hydrogens is 270 g/mol. The molecule has 2 aromatic rings. The van der Waals surface area contributed by atoms with Gasteiger partial charge in [0.05, 0.1) is 17.5 Å². The number of carbonyl (C=O) groups excluding carboxylic acids is 1. The average Bonchev–Trinajstić information content (AvgIpc) is 2.77. The monoisotopic (exact) mass is 289 g/mol. The van der Waals surface area contributed by atoms with E-state index in [1.165, 1.54) is 0 Å². The van der Waals surface area contributed by atoms with E-state index in [0.29, 0.717) is 0 Å². The van der Waals surface area contributed by atoms with Crippen LogP contribution in [-0.4, -0.2) is 35.1 Å². The van der Waals surface area contributed by atoms with Crippen LogP contribution < -0.4 is 0 Å². The normalized spacial score (nSPS) is 20.1. The maximum Gasteiger partial charge on any atom is 0.264 e. The highest BCUT2D eigenvalue weighted by atomic mass is 32.1. The topological polar surface area (TPSA) is 40.5 Å². The van der Waals surface area contributed by atoms with E-state index in [1.54, 1.807) is 11.3 Å². The molecule has 3 rings (SSSR count). The van der Waals surface area contributed by atoms with Crippen LogP contribution in [0.5, 0.6) is 0 Å². The molecule has 3 nitrogen and oxygen atoms in total. The maximum atomic E-state index is 12.7. The maximum absolute atomic E-state index is 12.7. The molecule has 20 heavy (non-hydrogen) atoms. The summed E-state index contributed by atoms with van der Waals surface area (Å²) >= 11 is 1.55. The number of fused-ring (bicyclic) bond motifs is 1. The van der Waals surface area contributed by atoms with Crippen molar-refractivity contribution in [2.45, 2.75) is 31.7 Å². The summed E-state index contributed by atoms with van der Waals surface area (Å²) < 4.78 is 1.14. The van der Waals surface area contributed by atoms with Gasteiger partial charge in [0.15, 0.2) is 0 Å². The number of amides is 1. The van der Waals surface area contributed by atoms with E-state index in [2.05, 4.69) is 0 Å². The molecule has 0 saturated carbocycles. The molecule has 1 aliphatic rings. The molecular formula is C16H19NO2S. The number of carbonyl (C=O) groups is 1. The van der Waals surface area contributed by atoms with Gasteiger partial charge in [0, 0.05) is 11.2 Å². The summed E-state index contributed by atoms with van der Waals surface area (Å²) in [6.07, 6.45) is 4.19. The van der Waals surface area contributed by atoms with Crippen LogP contribution in [-0.2, 0) is 0 Å². The minimum absolute atomic E-state index is 0.0183. The first-order valence-electron chi connectivity index (χ1n) is 7.20. The van der Waals surface area contributed by atoms with Gasteiger partial charge in [0.25, 0.3) is 5.91 Å². The standard InChI is InChI=1S/C16H19NO2S/c18-11-13-7-2-1-5-9-17(13)16(19)15-10-12-6-3-4-8-14(12)20-15/h3-4,6,8,10,13,18H,1-2,5,7,9,11H2. The molecule has 1 aromatic carbocycles. The predicted octanol–water partition coefficient (Wildman–Crippen LogP) is 3.28. The Kier molecular flexibility index (Phi) is 4.03. The molecule has 1 amide bonds. The van der Waals surface area contributed by atoms with Gasteiger partial charge in [-0.1, -0.05) is 31.0 Å². The Hall–Kier alpha value is -1.39. The van der Waals surface area contributed by atoms with Crippen molar-refractivity contribution >= 4 is 27.3 Å². The third-order valence-electron chi connectivity index (χ3n) is 3.99. The largest absolute Gasteiger partial charge is 0.394 e. The molecule has 1 N–H and O–H groups in total. The second-order valence-electron chi connectivity index (χ2n) is 5.33. The predicted molar refractivity (Wildman–Crippen MR) is 82.2 cm³/mol. The van der Waals surface area contributed by atoms with Gasteiger partial charge < -0.3 is 10.0 Å². The van der Waals surface area contributed by atoms with Gasteiger partial charge in [-0.3, -0.25) is 4.79 Å². The van der Waals surface area contributed by atoms with Crippen molar-refractivity contribution in [3.05, 3.63) is 35.2 Å². The summed E-state index contributed by atoms with van der Waals surface area (Å²) in [5, 5.41) is 10.7. The second kappa shape index (κ2) is 5.94. The first-order valence-corrected chi connectivity index (χ1v) is 8.01. The van der Waals surface area contributed by atoms with E-state index in [0.717, 1.165) is 47.2 Å². The zero-order valence-electron chi connectivity index (χ0n) is 11.4. The van der Waals surface area contributed by atoms with Crippen molar-refractivity contribution in [2.75, 3.05) is 13.2 Å². The summed E-state index contributed by atoms with van der Waals surface area (Å²) in [5.41, 5.74) is 0. The Morgan fingerprint density at radius 1 is 1.30 bits per heavy atom. The molecule has 2 heterocycles. The van der Waals surface area contributed by atoms with Crippen LogP contribution in [0, 0.1) is 0 Å². The number of nitrogens with zero attached hydrogens (tertiary/aromatic N) is 1. The quantitative estimate of drug-likeness (QED) is 0.921. The summed E-state index contributed by atoms with van der Waals surface area (Å²) in [7, 11) is 0. The number of aliphatic hydroxyl groups is 1. The van der Waals surface area contributed by atoms with Gasteiger partial charge in [0.1, 0.15) is 0 Å². The SMILES string of the molecule is O=C(c1cc2ccccc2s1)N1CCCCCC1CO. The fourth-order valence-electron chi connectivity index (χ4n) is 2.86. The first-order chi connectivity index (χ1) is 9.79. The number of hydrogen-bond donors (Lipinski definition) is 1. The van der Waals surface area contributed by atoms with E-state index in [1.807, 2.05) is 35.2 Å². The van der Waals surface area contributed by atoms with Crippen LogP contribution in [0.15, 0.2) is 30.3 Å². The summed E-state index contributed by atoms with van der Waals surface area (Å²) in [5.74, 6) is 0.0761. The lowest BCUT2D eigenvalue weighted by atomic mass is 10.1. The third kappa shape index (κ3) is 2.58. The van der Waals surface area contributed by atoms with Gasteiger partial charge in [-0.15, -0.1) is 11.3 Å². The van der Waals surface area contributed by atoms with Crippen LogP contribution >= 0.6 is 11.3 Å². The summed E-state index contributed by atoms with van der Waals surface area (Å²) in [6.45, 7) is 0.828. The Balaban J connectivity index is 1.89. The van der Waals surface area contributed by atoms with Crippen molar-refractivity contribution in [3.8, 4) is 0 Å². The lowest BCUT2D eigenvalue weighted by Gasteiger charge is -2.28. The Bertz CT molecular complexity index is 574. The van der Waals surface area contributed by atoms with Gasteiger partial charge >= 0.3 is 0 Å². The lowest BCUT2D eigenvalue weighted by molar-refractivity contribution is 0.0605. The molecule has 1 unspecified atom stereocenters. The summed E-state index contributed by atoms with van der Waals surface area (Å²) in [6, 6.07) is 10.0. The summed E-state index contributed by atoms with van der Waals surface area (Å²) in [4.78, 5) is 15.4. The van der Waals surface area contributed by atoms with E-state index in [-0.39, 0.29) is 18.6 Å². The zero-order chi connectivity index (χ0) is 13.9. The van der Waals surface area contributed by atoms with Gasteiger partial charge in [-0.25, -0.2) is 0 Å². The van der Waals surface area contributed by atoms with Crippen molar-refractivity contribution in [2.24, 2.45) is 0 Å². The van der Waals surface area contributed by atoms with Crippen LogP contribution in [0.4, 0.5) is 0 Å². The van der Waals surface area contributed by atoms with Gasteiger partial charge in [-0.2, -0.15) is 0 Å². The Labute approximate surface area is 122 Å². The zero-order valence-corrected chi connectivity index (χ0v) is 12.2. The van der Waals surface area contributed by atoms with Gasteiger partial charge in [-0.05, 0) is 30.4 Å². The second-order valence-corrected chi connectivity index (χ2v) is 6.42. The van der Waals surface area contributed by atoms with Crippen LogP contribution in [0.1, 0.15) is 35.4 Å². The lowest BCUT2D eigenvalue weighted by Crippen LogP contribution is -2.41. The van der Waals surface area contributed by atoms with E-state index in [4.69, 9.17) is 0 Å². The van der Waals surface area contributed by atoms with E-state index >= 15 is 0 Å². The first kappa shape index (κ1) is 13.6. The highest BCUT2D eigenvalue weighted by Gasteiger charge is 2.26. The molecule has 4 heteroatoms. The minimum atomic E-state index is -0.0183. The van der Waals surface area contributed by atoms with Crippen molar-refractivity contribution in [1.29, 1.82) is 0 Å². The third-order valence-corrected chi connectivity index (χ3v) is 5.09. The number of benzene rings is 1. The molecule has 0 bridgehead atoms. The highest BCUT2D eigenvalue weighted by Crippen LogP contribution is 2.28. The van der Waals surface area contributed by atoms with Crippen molar-refractivity contribution < 1.29 is 9.90 Å². The molecule has 1 fully saturated rings. The van der Waals surface area contributed by atoms with Gasteiger partial charge in [0.2, 0.25) is 0 Å². The smallest absolute Gasteiger partial charge is 0.264 e. The molecule has 0 radical (unpaired) electrons. The van der Waals surface area contributed by atoms with Crippen LogP contribution in [0.3, 0.4) is 0 Å². The van der Waals surface area contributed by atoms with E-state index in [9.17, 15) is 9.90 Å². The van der Waals surface area contributed by atoms with Crippen molar-refractivity contribution in [1.82, 2.24) is 4.90 Å². The number of thiophene rings is 1. The number of rotatable bonds is 2. The fourth-order valence-corrected chi connectivity index (χ4v) is 3.88. The molecule has 1 saturated heterocycles. The number of aliphatic hydroxyl groups excluding tert-OH is 1. The number of likely N-dealkylation sites (tertiary alicyclic amines) is 1. The molecule has 106 valence electrons.